The quantitative estimate of drug-likeness (QED) is 0.593. The lowest BCUT2D eigenvalue weighted by molar-refractivity contribution is 0.864. The minimum Gasteiger partial charge on any atom is -0.370 e. The van der Waals surface area contributed by atoms with Gasteiger partial charge in [0.05, 0.1) is 0 Å². The Hall–Kier alpha value is -0.770. The maximum Gasteiger partial charge on any atom is 0.131 e. The Balaban J connectivity index is 2.80. The van der Waals surface area contributed by atoms with Gasteiger partial charge in [-0.05, 0) is 12.8 Å². The minimum absolute atomic E-state index is 0.605. The van der Waals surface area contributed by atoms with Crippen molar-refractivity contribution in [3.63, 3.8) is 0 Å². The molecule has 0 radical (unpaired) electrons. The van der Waals surface area contributed by atoms with Crippen LogP contribution >= 0.6 is 11.8 Å². The second-order valence-electron chi connectivity index (χ2n) is 4.12. The van der Waals surface area contributed by atoms with Crippen LogP contribution in [0, 0.1) is 0 Å². The zero-order chi connectivity index (χ0) is 12.7. The van der Waals surface area contributed by atoms with Gasteiger partial charge in [-0.25, -0.2) is 9.97 Å². The van der Waals surface area contributed by atoms with E-state index in [-0.39, 0.29) is 0 Å². The van der Waals surface area contributed by atoms with Crippen molar-refractivity contribution in [2.24, 2.45) is 0 Å². The van der Waals surface area contributed by atoms with E-state index in [1.165, 1.54) is 0 Å². The van der Waals surface area contributed by atoms with Crippen molar-refractivity contribution in [1.82, 2.24) is 9.97 Å². The summed E-state index contributed by atoms with van der Waals surface area (Å²) in [5.41, 5.74) is 0. The summed E-state index contributed by atoms with van der Waals surface area (Å²) in [6, 6.07) is 2.06. The molecule has 1 rings (SSSR count). The van der Waals surface area contributed by atoms with Crippen LogP contribution in [0.25, 0.3) is 0 Å². The fourth-order valence-electron chi connectivity index (χ4n) is 1.32. The Bertz CT molecular complexity index is 341. The van der Waals surface area contributed by atoms with Crippen molar-refractivity contribution >= 4 is 17.6 Å². The van der Waals surface area contributed by atoms with E-state index >= 15 is 0 Å². The molecule has 1 aromatic heterocycles. The molecule has 0 aliphatic carbocycles. The van der Waals surface area contributed by atoms with Gasteiger partial charge in [0.1, 0.15) is 16.7 Å². The van der Waals surface area contributed by atoms with E-state index in [4.69, 9.17) is 0 Å². The third-order valence-electron chi connectivity index (χ3n) is 2.52. The molecule has 1 aromatic rings. The number of nitrogens with zero attached hydrogens (tertiary/aromatic N) is 2. The molecule has 4 heteroatoms. The molecular weight excluding hydrogens is 230 g/mol. The molecule has 3 nitrogen and oxygen atoms in total. The SMILES string of the molecule is CCCNc1cc(SC(C)CC)nc(CC)n1. The number of hydrogen-bond acceptors (Lipinski definition) is 4. The average Bonchev–Trinajstić information content (AvgIpc) is 2.35. The topological polar surface area (TPSA) is 37.8 Å². The van der Waals surface area contributed by atoms with E-state index < -0.39 is 0 Å². The van der Waals surface area contributed by atoms with E-state index in [0.717, 1.165) is 42.5 Å². The predicted molar refractivity (Wildman–Crippen MR) is 75.8 cm³/mol. The first-order valence-electron chi connectivity index (χ1n) is 6.48. The second kappa shape index (κ2) is 7.54. The number of hydrogen-bond donors (Lipinski definition) is 1. The average molecular weight is 253 g/mol. The third kappa shape index (κ3) is 4.94. The van der Waals surface area contributed by atoms with Crippen molar-refractivity contribution in [3.8, 4) is 0 Å². The van der Waals surface area contributed by atoms with E-state index in [1.807, 2.05) is 11.8 Å². The van der Waals surface area contributed by atoms with Crippen LogP contribution in [0.4, 0.5) is 5.82 Å². The number of nitrogens with one attached hydrogen (secondary N) is 1. The zero-order valence-corrected chi connectivity index (χ0v) is 12.1. The normalized spacial score (nSPS) is 12.5. The molecule has 0 aliphatic heterocycles. The lowest BCUT2D eigenvalue weighted by Crippen LogP contribution is -2.06. The summed E-state index contributed by atoms with van der Waals surface area (Å²) in [6.45, 7) is 9.65. The highest BCUT2D eigenvalue weighted by atomic mass is 32.2. The number of aryl methyl sites for hydroxylation is 1. The van der Waals surface area contributed by atoms with E-state index in [1.54, 1.807) is 0 Å². The summed E-state index contributed by atoms with van der Waals surface area (Å²) in [5, 5.41) is 5.03. The van der Waals surface area contributed by atoms with E-state index in [0.29, 0.717) is 5.25 Å². The van der Waals surface area contributed by atoms with Crippen LogP contribution in [-0.2, 0) is 6.42 Å². The first kappa shape index (κ1) is 14.3. The molecule has 0 saturated carbocycles. The lowest BCUT2D eigenvalue weighted by Gasteiger charge is -2.11. The molecule has 1 heterocycles. The number of thioether (sulfide) groups is 1. The predicted octanol–water partition coefficient (Wildman–Crippen LogP) is 3.75. The van der Waals surface area contributed by atoms with Crippen LogP contribution in [0.1, 0.15) is 46.4 Å². The highest BCUT2D eigenvalue weighted by molar-refractivity contribution is 7.99. The van der Waals surface area contributed by atoms with E-state index in [9.17, 15) is 0 Å². The van der Waals surface area contributed by atoms with Crippen LogP contribution in [0.2, 0.25) is 0 Å². The Morgan fingerprint density at radius 1 is 1.29 bits per heavy atom. The number of anilines is 1. The van der Waals surface area contributed by atoms with Crippen molar-refractivity contribution in [2.45, 2.75) is 57.2 Å². The number of aromatic nitrogens is 2. The van der Waals surface area contributed by atoms with Gasteiger partial charge in [-0.2, -0.15) is 0 Å². The molecule has 0 saturated heterocycles. The van der Waals surface area contributed by atoms with Gasteiger partial charge in [-0.15, -0.1) is 11.8 Å². The second-order valence-corrected chi connectivity index (χ2v) is 5.58. The van der Waals surface area contributed by atoms with E-state index in [2.05, 4.69) is 49.0 Å². The smallest absolute Gasteiger partial charge is 0.131 e. The van der Waals surface area contributed by atoms with Gasteiger partial charge in [0, 0.05) is 24.3 Å². The standard InChI is InChI=1S/C13H23N3S/c1-5-8-14-12-9-13(17-10(4)6-2)16-11(7-3)15-12/h9-10H,5-8H2,1-4H3,(H,14,15,16). The summed E-state index contributed by atoms with van der Waals surface area (Å²) in [6.07, 6.45) is 3.16. The molecule has 1 unspecified atom stereocenters. The maximum atomic E-state index is 4.56. The molecule has 1 atom stereocenters. The number of rotatable bonds is 7. The lowest BCUT2D eigenvalue weighted by atomic mass is 10.4. The van der Waals surface area contributed by atoms with Gasteiger partial charge < -0.3 is 5.32 Å². The highest BCUT2D eigenvalue weighted by Gasteiger charge is 2.07. The molecule has 0 bridgehead atoms. The Morgan fingerprint density at radius 3 is 2.65 bits per heavy atom. The summed E-state index contributed by atoms with van der Waals surface area (Å²) in [7, 11) is 0. The summed E-state index contributed by atoms with van der Waals surface area (Å²) in [5.74, 6) is 1.89. The molecule has 0 fully saturated rings. The fraction of sp³-hybridized carbons (Fsp3) is 0.692. The molecule has 17 heavy (non-hydrogen) atoms. The Morgan fingerprint density at radius 2 is 2.06 bits per heavy atom. The van der Waals surface area contributed by atoms with Crippen molar-refractivity contribution < 1.29 is 0 Å². The van der Waals surface area contributed by atoms with Crippen LogP contribution in [0.5, 0.6) is 0 Å². The van der Waals surface area contributed by atoms with Crippen LogP contribution in [-0.4, -0.2) is 21.8 Å². The van der Waals surface area contributed by atoms with Gasteiger partial charge in [0.15, 0.2) is 0 Å². The van der Waals surface area contributed by atoms with Gasteiger partial charge in [-0.1, -0.05) is 27.7 Å². The molecule has 0 amide bonds. The van der Waals surface area contributed by atoms with Crippen molar-refractivity contribution in [2.75, 3.05) is 11.9 Å². The maximum absolute atomic E-state index is 4.56. The molecule has 1 N–H and O–H groups in total. The molecule has 0 aromatic carbocycles. The van der Waals surface area contributed by atoms with Crippen molar-refractivity contribution in [1.29, 1.82) is 0 Å². The highest BCUT2D eigenvalue weighted by Crippen LogP contribution is 2.25. The minimum atomic E-state index is 0.605. The Kier molecular flexibility index (Phi) is 6.34. The molecule has 96 valence electrons. The van der Waals surface area contributed by atoms with Crippen LogP contribution in [0.15, 0.2) is 11.1 Å². The molecule has 0 spiro atoms. The molecular formula is C13H23N3S. The summed E-state index contributed by atoms with van der Waals surface area (Å²) in [4.78, 5) is 9.05. The largest absolute Gasteiger partial charge is 0.370 e. The van der Waals surface area contributed by atoms with Gasteiger partial charge >= 0.3 is 0 Å². The monoisotopic (exact) mass is 253 g/mol. The first-order valence-corrected chi connectivity index (χ1v) is 7.36. The first-order chi connectivity index (χ1) is 8.19. The van der Waals surface area contributed by atoms with Gasteiger partial charge in [-0.3, -0.25) is 0 Å². The summed E-state index contributed by atoms with van der Waals surface area (Å²) >= 11 is 1.83. The van der Waals surface area contributed by atoms with Crippen molar-refractivity contribution in [3.05, 3.63) is 11.9 Å². The van der Waals surface area contributed by atoms with Crippen LogP contribution in [0.3, 0.4) is 0 Å². The molecule has 0 aliphatic rings. The van der Waals surface area contributed by atoms with Gasteiger partial charge in [0.2, 0.25) is 0 Å². The van der Waals surface area contributed by atoms with Crippen LogP contribution < -0.4 is 5.32 Å². The zero-order valence-electron chi connectivity index (χ0n) is 11.3. The third-order valence-corrected chi connectivity index (χ3v) is 3.70. The Labute approximate surface area is 109 Å². The summed E-state index contributed by atoms with van der Waals surface area (Å²) < 4.78 is 0. The fourth-order valence-corrected chi connectivity index (χ4v) is 2.24. The van der Waals surface area contributed by atoms with Gasteiger partial charge in [0.25, 0.3) is 0 Å².